The Morgan fingerprint density at radius 3 is 1.02 bits per heavy atom. The van der Waals surface area contributed by atoms with E-state index in [0.29, 0.717) is 13.1 Å². The van der Waals surface area contributed by atoms with E-state index in [9.17, 15) is 9.59 Å². The molecule has 0 unspecified atom stereocenters. The zero-order valence-corrected chi connectivity index (χ0v) is 33.3. The van der Waals surface area contributed by atoms with Gasteiger partial charge in [0.2, 0.25) is 0 Å². The SMILES string of the molecule is CCCCCCCC/C=C\CCCCCCCCNC(=O)N[C@@H]1CCCC[C@H]1NC(=O)NCCCCCCCC/C=C\CCCCCCCC. The Balaban J connectivity index is 1.96. The van der Waals surface area contributed by atoms with E-state index in [0.717, 1.165) is 38.5 Å². The van der Waals surface area contributed by atoms with E-state index < -0.39 is 0 Å². The summed E-state index contributed by atoms with van der Waals surface area (Å²) in [5, 5.41) is 12.4. The van der Waals surface area contributed by atoms with Gasteiger partial charge in [-0.25, -0.2) is 9.59 Å². The van der Waals surface area contributed by atoms with E-state index in [4.69, 9.17) is 0 Å². The molecule has 0 bridgehead atoms. The van der Waals surface area contributed by atoms with E-state index >= 15 is 0 Å². The predicted molar refractivity (Wildman–Crippen MR) is 218 cm³/mol. The van der Waals surface area contributed by atoms with Gasteiger partial charge in [-0.2, -0.15) is 0 Å². The van der Waals surface area contributed by atoms with E-state index in [1.54, 1.807) is 0 Å². The van der Waals surface area contributed by atoms with Gasteiger partial charge in [-0.1, -0.05) is 167 Å². The summed E-state index contributed by atoms with van der Waals surface area (Å²) < 4.78 is 0. The fourth-order valence-corrected chi connectivity index (χ4v) is 7.06. The fraction of sp³-hybridized carbons (Fsp3) is 0.864. The Morgan fingerprint density at radius 1 is 0.420 bits per heavy atom. The van der Waals surface area contributed by atoms with Crippen LogP contribution in [0.4, 0.5) is 9.59 Å². The van der Waals surface area contributed by atoms with Gasteiger partial charge in [-0.15, -0.1) is 0 Å². The lowest BCUT2D eigenvalue weighted by Crippen LogP contribution is -2.56. The number of rotatable bonds is 34. The molecule has 6 nitrogen and oxygen atoms in total. The minimum absolute atomic E-state index is 0.000242. The molecule has 1 aliphatic carbocycles. The van der Waals surface area contributed by atoms with E-state index in [2.05, 4.69) is 59.4 Å². The second-order valence-electron chi connectivity index (χ2n) is 15.2. The number of nitrogens with one attached hydrogen (secondary N) is 4. The molecule has 292 valence electrons. The maximum Gasteiger partial charge on any atom is 0.315 e. The van der Waals surface area contributed by atoms with Crippen molar-refractivity contribution in [1.29, 1.82) is 0 Å². The molecule has 0 aromatic carbocycles. The molecule has 6 heteroatoms. The second kappa shape index (κ2) is 36.8. The lowest BCUT2D eigenvalue weighted by molar-refractivity contribution is 0.213. The van der Waals surface area contributed by atoms with Gasteiger partial charge in [0.25, 0.3) is 0 Å². The molecule has 50 heavy (non-hydrogen) atoms. The molecule has 4 amide bonds. The van der Waals surface area contributed by atoms with E-state index in [-0.39, 0.29) is 24.1 Å². The molecule has 0 radical (unpaired) electrons. The number of amides is 4. The third-order valence-electron chi connectivity index (χ3n) is 10.3. The molecule has 0 aliphatic heterocycles. The van der Waals surface area contributed by atoms with Gasteiger partial charge in [0.1, 0.15) is 0 Å². The van der Waals surface area contributed by atoms with Crippen molar-refractivity contribution in [1.82, 2.24) is 21.3 Å². The van der Waals surface area contributed by atoms with Crippen LogP contribution in [-0.4, -0.2) is 37.2 Å². The average Bonchev–Trinajstić information content (AvgIpc) is 3.11. The lowest BCUT2D eigenvalue weighted by atomic mass is 9.90. The number of hydrogen-bond acceptors (Lipinski definition) is 2. The molecule has 0 spiro atoms. The predicted octanol–water partition coefficient (Wildman–Crippen LogP) is 13.0. The first kappa shape index (κ1) is 46.0. The topological polar surface area (TPSA) is 82.3 Å². The van der Waals surface area contributed by atoms with E-state index in [1.165, 1.54) is 167 Å². The van der Waals surface area contributed by atoms with Crippen LogP contribution in [0.15, 0.2) is 24.3 Å². The molecular formula is C44H84N4O2. The normalized spacial score (nSPS) is 16.3. The Labute approximate surface area is 311 Å². The smallest absolute Gasteiger partial charge is 0.315 e. The highest BCUT2D eigenvalue weighted by Gasteiger charge is 2.27. The summed E-state index contributed by atoms with van der Waals surface area (Å²) >= 11 is 0. The molecular weight excluding hydrogens is 617 g/mol. The largest absolute Gasteiger partial charge is 0.338 e. The fourth-order valence-electron chi connectivity index (χ4n) is 7.06. The third-order valence-corrected chi connectivity index (χ3v) is 10.3. The van der Waals surface area contributed by atoms with Crippen LogP contribution in [0.2, 0.25) is 0 Å². The number of hydrogen-bond donors (Lipinski definition) is 4. The first-order chi connectivity index (χ1) is 24.7. The molecule has 0 heterocycles. The van der Waals surface area contributed by atoms with Crippen molar-refractivity contribution in [2.24, 2.45) is 0 Å². The number of allylic oxidation sites excluding steroid dienone is 4. The molecule has 0 saturated heterocycles. The van der Waals surface area contributed by atoms with E-state index in [1.807, 2.05) is 0 Å². The first-order valence-corrected chi connectivity index (χ1v) is 22.1. The standard InChI is InChI=1S/C44H84N4O2/c1-3-5-7-9-11-13-15-17-19-21-23-25-27-29-31-35-39-45-43(49)47-41-37-33-34-38-42(41)48-44(50)46-40-36-32-30-28-26-24-22-20-18-16-14-12-10-8-6-4-2/h17-20,41-42H,3-16,21-40H2,1-2H3,(H2,45,47,49)(H2,46,48,50)/b19-17-,20-18-/t41-,42-/m1/s1. The Kier molecular flexibility index (Phi) is 33.9. The summed E-state index contributed by atoms with van der Waals surface area (Å²) in [6.07, 6.45) is 49.6. The summed E-state index contributed by atoms with van der Waals surface area (Å²) in [5.41, 5.74) is 0. The molecule has 0 aromatic rings. The van der Waals surface area contributed by atoms with Crippen molar-refractivity contribution in [2.45, 2.75) is 231 Å². The Hall–Kier alpha value is -1.98. The average molecular weight is 701 g/mol. The monoisotopic (exact) mass is 701 g/mol. The van der Waals surface area contributed by atoms with Crippen LogP contribution in [0, 0.1) is 0 Å². The van der Waals surface area contributed by atoms with Crippen molar-refractivity contribution in [3.63, 3.8) is 0 Å². The molecule has 0 aromatic heterocycles. The molecule has 1 rings (SSSR count). The number of urea groups is 2. The summed E-state index contributed by atoms with van der Waals surface area (Å²) in [4.78, 5) is 25.2. The number of carbonyl (C=O) groups excluding carboxylic acids is 2. The highest BCUT2D eigenvalue weighted by Crippen LogP contribution is 2.19. The second-order valence-corrected chi connectivity index (χ2v) is 15.2. The summed E-state index contributed by atoms with van der Waals surface area (Å²) in [6, 6.07) is -0.193. The van der Waals surface area contributed by atoms with Crippen molar-refractivity contribution in [3.05, 3.63) is 24.3 Å². The maximum atomic E-state index is 12.6. The zero-order chi connectivity index (χ0) is 36.0. The summed E-state index contributed by atoms with van der Waals surface area (Å²) in [6.45, 7) is 5.98. The van der Waals surface area contributed by atoms with Crippen LogP contribution in [0.5, 0.6) is 0 Å². The van der Waals surface area contributed by atoms with Crippen LogP contribution in [0.25, 0.3) is 0 Å². The third kappa shape index (κ3) is 30.8. The van der Waals surface area contributed by atoms with Crippen molar-refractivity contribution in [3.8, 4) is 0 Å². The van der Waals surface area contributed by atoms with Crippen LogP contribution in [0.1, 0.15) is 219 Å². The highest BCUT2D eigenvalue weighted by atomic mass is 16.2. The summed E-state index contributed by atoms with van der Waals surface area (Å²) in [5.74, 6) is 0. The van der Waals surface area contributed by atoms with Crippen molar-refractivity contribution < 1.29 is 9.59 Å². The van der Waals surface area contributed by atoms with Gasteiger partial charge in [0.05, 0.1) is 12.1 Å². The molecule has 2 atom stereocenters. The van der Waals surface area contributed by atoms with Crippen LogP contribution in [-0.2, 0) is 0 Å². The lowest BCUT2D eigenvalue weighted by Gasteiger charge is -2.32. The molecule has 1 aliphatic rings. The van der Waals surface area contributed by atoms with Crippen molar-refractivity contribution >= 4 is 12.1 Å². The van der Waals surface area contributed by atoms with Crippen LogP contribution < -0.4 is 21.3 Å². The van der Waals surface area contributed by atoms with Gasteiger partial charge < -0.3 is 21.3 Å². The minimum Gasteiger partial charge on any atom is -0.338 e. The van der Waals surface area contributed by atoms with Gasteiger partial charge in [0, 0.05) is 13.1 Å². The summed E-state index contributed by atoms with van der Waals surface area (Å²) in [7, 11) is 0. The van der Waals surface area contributed by atoms with Gasteiger partial charge >= 0.3 is 12.1 Å². The van der Waals surface area contributed by atoms with Crippen LogP contribution in [0.3, 0.4) is 0 Å². The molecule has 4 N–H and O–H groups in total. The molecule has 1 fully saturated rings. The number of carbonyl (C=O) groups is 2. The minimum atomic E-state index is -0.0963. The van der Waals surface area contributed by atoms with Gasteiger partial charge in [-0.05, 0) is 77.0 Å². The number of unbranched alkanes of at least 4 members (excludes halogenated alkanes) is 24. The Bertz CT molecular complexity index is 748. The first-order valence-electron chi connectivity index (χ1n) is 22.1. The van der Waals surface area contributed by atoms with Crippen molar-refractivity contribution in [2.75, 3.05) is 13.1 Å². The Morgan fingerprint density at radius 2 is 0.700 bits per heavy atom. The van der Waals surface area contributed by atoms with Gasteiger partial charge in [-0.3, -0.25) is 0 Å². The van der Waals surface area contributed by atoms with Crippen LogP contribution >= 0.6 is 0 Å². The quantitative estimate of drug-likeness (QED) is 0.0398. The molecule has 1 saturated carbocycles. The van der Waals surface area contributed by atoms with Gasteiger partial charge in [0.15, 0.2) is 0 Å². The highest BCUT2D eigenvalue weighted by molar-refractivity contribution is 5.75. The zero-order valence-electron chi connectivity index (χ0n) is 33.3. The maximum absolute atomic E-state index is 12.6.